The summed E-state index contributed by atoms with van der Waals surface area (Å²) < 4.78 is 0. The zero-order valence-electron chi connectivity index (χ0n) is 8.24. The highest BCUT2D eigenvalue weighted by atomic mass is 16.2. The normalized spacial score (nSPS) is 28.7. The fraction of sp³-hybridized carbons (Fsp3) is 0.800. The Kier molecular flexibility index (Phi) is 2.82. The molecule has 1 N–H and O–H groups in total. The minimum absolute atomic E-state index is 0.0639. The molecule has 1 aliphatic carbocycles. The Labute approximate surface area is 83.6 Å². The number of nitrogens with one attached hydrogen (secondary N) is 1. The average Bonchev–Trinajstić information content (AvgIpc) is 2.76. The van der Waals surface area contributed by atoms with Crippen LogP contribution in [0, 0.1) is 5.92 Å². The second-order valence-electron chi connectivity index (χ2n) is 4.16. The lowest BCUT2D eigenvalue weighted by atomic mass is 9.97. The van der Waals surface area contributed by atoms with Gasteiger partial charge in [0.2, 0.25) is 5.91 Å². The number of carbonyl (C=O) groups excluding carboxylic acids is 2. The van der Waals surface area contributed by atoms with Crippen LogP contribution in [0.4, 0.5) is 0 Å². The molecule has 1 saturated carbocycles. The van der Waals surface area contributed by atoms with Crippen molar-refractivity contribution >= 4 is 12.2 Å². The van der Waals surface area contributed by atoms with E-state index in [0.29, 0.717) is 12.3 Å². The molecule has 2 aliphatic rings. The van der Waals surface area contributed by atoms with Gasteiger partial charge in [0.05, 0.1) is 6.54 Å². The standard InChI is InChI=1S/C10H16N2O2/c13-6-5-12-10(14)7-9(11-12)8-3-1-2-4-8/h6,8-9,11H,1-5,7H2. The number of aldehydes is 1. The van der Waals surface area contributed by atoms with E-state index in [0.717, 1.165) is 6.29 Å². The van der Waals surface area contributed by atoms with Crippen molar-refractivity contribution in [3.8, 4) is 0 Å². The van der Waals surface area contributed by atoms with Gasteiger partial charge in [0.15, 0.2) is 0 Å². The number of rotatable bonds is 3. The minimum Gasteiger partial charge on any atom is -0.301 e. The van der Waals surface area contributed by atoms with Gasteiger partial charge in [-0.15, -0.1) is 0 Å². The maximum atomic E-state index is 11.4. The first-order chi connectivity index (χ1) is 6.81. The molecule has 4 nitrogen and oxygen atoms in total. The Morgan fingerprint density at radius 1 is 1.43 bits per heavy atom. The zero-order valence-corrected chi connectivity index (χ0v) is 8.24. The third kappa shape index (κ3) is 1.80. The first-order valence-corrected chi connectivity index (χ1v) is 5.31. The third-order valence-electron chi connectivity index (χ3n) is 3.24. The van der Waals surface area contributed by atoms with E-state index in [4.69, 9.17) is 0 Å². The Morgan fingerprint density at radius 3 is 2.79 bits per heavy atom. The van der Waals surface area contributed by atoms with Crippen LogP contribution in [0.25, 0.3) is 0 Å². The number of amides is 1. The van der Waals surface area contributed by atoms with Crippen LogP contribution in [0.2, 0.25) is 0 Å². The van der Waals surface area contributed by atoms with Crippen LogP contribution in [0.15, 0.2) is 0 Å². The van der Waals surface area contributed by atoms with Crippen LogP contribution < -0.4 is 5.43 Å². The Balaban J connectivity index is 1.91. The van der Waals surface area contributed by atoms with E-state index < -0.39 is 0 Å². The van der Waals surface area contributed by atoms with Crippen molar-refractivity contribution in [3.63, 3.8) is 0 Å². The molecule has 1 aliphatic heterocycles. The second kappa shape index (κ2) is 4.09. The van der Waals surface area contributed by atoms with Crippen molar-refractivity contribution in [2.24, 2.45) is 5.92 Å². The van der Waals surface area contributed by atoms with E-state index in [1.165, 1.54) is 30.7 Å². The summed E-state index contributed by atoms with van der Waals surface area (Å²) in [6, 6.07) is 0.282. The monoisotopic (exact) mass is 196 g/mol. The average molecular weight is 196 g/mol. The quantitative estimate of drug-likeness (QED) is 0.668. The summed E-state index contributed by atoms with van der Waals surface area (Å²) in [6.45, 7) is 0.183. The molecular formula is C10H16N2O2. The van der Waals surface area contributed by atoms with E-state index in [2.05, 4.69) is 5.43 Å². The summed E-state index contributed by atoms with van der Waals surface area (Å²) in [6.07, 6.45) is 6.34. The fourth-order valence-corrected chi connectivity index (χ4v) is 2.48. The molecule has 0 aromatic rings. The molecular weight excluding hydrogens is 180 g/mol. The Bertz CT molecular complexity index is 236. The third-order valence-corrected chi connectivity index (χ3v) is 3.24. The molecule has 14 heavy (non-hydrogen) atoms. The van der Waals surface area contributed by atoms with Gasteiger partial charge in [-0.05, 0) is 18.8 Å². The molecule has 0 bridgehead atoms. The molecule has 1 heterocycles. The molecule has 78 valence electrons. The van der Waals surface area contributed by atoms with Crippen molar-refractivity contribution in [2.75, 3.05) is 6.54 Å². The van der Waals surface area contributed by atoms with Crippen molar-refractivity contribution < 1.29 is 9.59 Å². The fourth-order valence-electron chi connectivity index (χ4n) is 2.48. The summed E-state index contributed by atoms with van der Waals surface area (Å²) >= 11 is 0. The first-order valence-electron chi connectivity index (χ1n) is 5.31. The molecule has 1 amide bonds. The number of carbonyl (C=O) groups is 2. The van der Waals surface area contributed by atoms with Gasteiger partial charge in [-0.25, -0.2) is 5.43 Å². The Morgan fingerprint density at radius 2 is 2.14 bits per heavy atom. The van der Waals surface area contributed by atoms with Gasteiger partial charge in [0.25, 0.3) is 0 Å². The highest BCUT2D eigenvalue weighted by Gasteiger charge is 2.35. The molecule has 1 saturated heterocycles. The molecule has 0 spiro atoms. The van der Waals surface area contributed by atoms with Crippen molar-refractivity contribution in [1.82, 2.24) is 10.4 Å². The van der Waals surface area contributed by atoms with Gasteiger partial charge in [-0.3, -0.25) is 9.80 Å². The van der Waals surface area contributed by atoms with Crippen molar-refractivity contribution in [2.45, 2.75) is 38.1 Å². The van der Waals surface area contributed by atoms with Gasteiger partial charge in [-0.2, -0.15) is 0 Å². The molecule has 2 rings (SSSR count). The predicted octanol–water partition coefficient (Wildman–Crippen LogP) is 0.481. The summed E-state index contributed by atoms with van der Waals surface area (Å²) in [7, 11) is 0. The highest BCUT2D eigenvalue weighted by molar-refractivity contribution is 5.80. The number of nitrogens with zero attached hydrogens (tertiary/aromatic N) is 1. The molecule has 2 fully saturated rings. The maximum Gasteiger partial charge on any atom is 0.238 e. The van der Waals surface area contributed by atoms with Crippen LogP contribution in [-0.4, -0.2) is 29.8 Å². The van der Waals surface area contributed by atoms with Gasteiger partial charge < -0.3 is 4.79 Å². The SMILES string of the molecule is O=CCN1NC(C2CCCC2)CC1=O. The minimum atomic E-state index is 0.0639. The van der Waals surface area contributed by atoms with Crippen LogP contribution in [0.3, 0.4) is 0 Å². The Hall–Kier alpha value is -0.900. The molecule has 1 atom stereocenters. The zero-order chi connectivity index (χ0) is 9.97. The van der Waals surface area contributed by atoms with Crippen molar-refractivity contribution in [1.29, 1.82) is 0 Å². The van der Waals surface area contributed by atoms with E-state index in [1.807, 2.05) is 0 Å². The van der Waals surface area contributed by atoms with Crippen LogP contribution in [0.1, 0.15) is 32.1 Å². The van der Waals surface area contributed by atoms with Crippen molar-refractivity contribution in [3.05, 3.63) is 0 Å². The number of hydrogen-bond donors (Lipinski definition) is 1. The second-order valence-corrected chi connectivity index (χ2v) is 4.16. The van der Waals surface area contributed by atoms with Gasteiger partial charge in [-0.1, -0.05) is 12.8 Å². The molecule has 0 radical (unpaired) electrons. The first kappa shape index (κ1) is 9.65. The lowest BCUT2D eigenvalue weighted by Crippen LogP contribution is -2.40. The summed E-state index contributed by atoms with van der Waals surface area (Å²) in [5.74, 6) is 0.699. The van der Waals surface area contributed by atoms with Crippen LogP contribution >= 0.6 is 0 Å². The van der Waals surface area contributed by atoms with Crippen LogP contribution in [0.5, 0.6) is 0 Å². The smallest absolute Gasteiger partial charge is 0.238 e. The van der Waals surface area contributed by atoms with Crippen LogP contribution in [-0.2, 0) is 9.59 Å². The van der Waals surface area contributed by atoms with E-state index >= 15 is 0 Å². The number of hydrazine groups is 1. The van der Waals surface area contributed by atoms with Gasteiger partial charge in [0, 0.05) is 12.5 Å². The molecule has 0 aromatic carbocycles. The van der Waals surface area contributed by atoms with Gasteiger partial charge in [0.1, 0.15) is 6.29 Å². The lowest BCUT2D eigenvalue weighted by Gasteiger charge is -2.19. The predicted molar refractivity (Wildman–Crippen MR) is 51.3 cm³/mol. The highest BCUT2D eigenvalue weighted by Crippen LogP contribution is 2.31. The molecule has 4 heteroatoms. The van der Waals surface area contributed by atoms with E-state index in [9.17, 15) is 9.59 Å². The summed E-state index contributed by atoms with van der Waals surface area (Å²) in [5.41, 5.74) is 3.14. The lowest BCUT2D eigenvalue weighted by molar-refractivity contribution is -0.131. The maximum absolute atomic E-state index is 11.4. The van der Waals surface area contributed by atoms with E-state index in [-0.39, 0.29) is 18.5 Å². The molecule has 1 unspecified atom stereocenters. The largest absolute Gasteiger partial charge is 0.301 e. The van der Waals surface area contributed by atoms with E-state index in [1.54, 1.807) is 0 Å². The summed E-state index contributed by atoms with van der Waals surface area (Å²) in [5, 5.41) is 1.45. The molecule has 0 aromatic heterocycles. The number of hydrogen-bond acceptors (Lipinski definition) is 3. The summed E-state index contributed by atoms with van der Waals surface area (Å²) in [4.78, 5) is 21.7. The topological polar surface area (TPSA) is 49.4 Å². The van der Waals surface area contributed by atoms with Gasteiger partial charge >= 0.3 is 0 Å².